The van der Waals surface area contributed by atoms with Gasteiger partial charge in [-0.15, -0.1) is 0 Å². The van der Waals surface area contributed by atoms with Crippen LogP contribution in [0.1, 0.15) is 0 Å². The van der Waals surface area contributed by atoms with Gasteiger partial charge in [-0.3, -0.25) is 14.5 Å². The molecule has 0 aliphatic rings. The van der Waals surface area contributed by atoms with Crippen LogP contribution in [0.15, 0.2) is 30.3 Å². The van der Waals surface area contributed by atoms with Crippen LogP contribution in [0.2, 0.25) is 0 Å². The number of carbonyl (C=O) groups excluding carboxylic acids is 1. The van der Waals surface area contributed by atoms with Crippen molar-refractivity contribution in [3.05, 3.63) is 30.3 Å². The number of amides is 1. The van der Waals surface area contributed by atoms with Crippen LogP contribution in [0.25, 0.3) is 0 Å². The molecule has 0 aromatic heterocycles. The standard InChI is InChI=1S/C11H13N3O3S/c12-6-9(15)14(7-10(16)17)11(18)13-8-4-2-1-3-5-8/h1-5H,6-7,12H2,(H,13,18)(H,16,17). The van der Waals surface area contributed by atoms with Gasteiger partial charge in [-0.1, -0.05) is 18.2 Å². The van der Waals surface area contributed by atoms with E-state index >= 15 is 0 Å². The maximum Gasteiger partial charge on any atom is 0.323 e. The lowest BCUT2D eigenvalue weighted by Crippen LogP contribution is -2.45. The molecule has 1 aromatic rings. The normalized spacial score (nSPS) is 9.61. The Hall–Kier alpha value is -1.99. The summed E-state index contributed by atoms with van der Waals surface area (Å²) in [5.41, 5.74) is 5.88. The molecule has 1 rings (SSSR count). The Labute approximate surface area is 109 Å². The first-order chi connectivity index (χ1) is 8.54. The smallest absolute Gasteiger partial charge is 0.323 e. The second kappa shape index (κ2) is 6.67. The van der Waals surface area contributed by atoms with Crippen molar-refractivity contribution in [1.82, 2.24) is 4.90 Å². The Kier molecular flexibility index (Phi) is 5.22. The van der Waals surface area contributed by atoms with E-state index in [-0.39, 0.29) is 11.7 Å². The molecule has 96 valence electrons. The fourth-order valence-corrected chi connectivity index (χ4v) is 1.52. The van der Waals surface area contributed by atoms with Crippen LogP contribution in [0.5, 0.6) is 0 Å². The van der Waals surface area contributed by atoms with E-state index in [2.05, 4.69) is 5.32 Å². The van der Waals surface area contributed by atoms with Gasteiger partial charge in [0.2, 0.25) is 5.91 Å². The summed E-state index contributed by atoms with van der Waals surface area (Å²) < 4.78 is 0. The SMILES string of the molecule is NCC(=O)N(CC(=O)O)C(=S)Nc1ccccc1. The van der Waals surface area contributed by atoms with Crippen molar-refractivity contribution in [2.45, 2.75) is 0 Å². The Morgan fingerprint density at radius 1 is 1.33 bits per heavy atom. The lowest BCUT2D eigenvalue weighted by molar-refractivity contribution is -0.141. The van der Waals surface area contributed by atoms with Crippen molar-refractivity contribution < 1.29 is 14.7 Å². The van der Waals surface area contributed by atoms with Gasteiger partial charge in [-0.25, -0.2) is 0 Å². The zero-order valence-corrected chi connectivity index (χ0v) is 10.3. The van der Waals surface area contributed by atoms with Crippen molar-refractivity contribution in [2.75, 3.05) is 18.4 Å². The third kappa shape index (κ3) is 4.11. The van der Waals surface area contributed by atoms with Crippen molar-refractivity contribution in [1.29, 1.82) is 0 Å². The number of carbonyl (C=O) groups is 2. The number of nitrogens with zero attached hydrogens (tertiary/aromatic N) is 1. The fraction of sp³-hybridized carbons (Fsp3) is 0.182. The van der Waals surface area contributed by atoms with Crippen LogP contribution in [0.4, 0.5) is 5.69 Å². The number of carboxylic acids is 1. The Bertz CT molecular complexity index is 450. The molecule has 1 amide bonds. The van der Waals surface area contributed by atoms with Gasteiger partial charge in [-0.05, 0) is 24.4 Å². The summed E-state index contributed by atoms with van der Waals surface area (Å²) in [4.78, 5) is 23.1. The average molecular weight is 267 g/mol. The topological polar surface area (TPSA) is 95.7 Å². The molecule has 0 aliphatic heterocycles. The summed E-state index contributed by atoms with van der Waals surface area (Å²) in [7, 11) is 0. The molecule has 0 atom stereocenters. The van der Waals surface area contributed by atoms with E-state index < -0.39 is 18.4 Å². The molecule has 0 aliphatic carbocycles. The van der Waals surface area contributed by atoms with Gasteiger partial charge in [0.05, 0.1) is 6.54 Å². The van der Waals surface area contributed by atoms with Gasteiger partial charge in [0.1, 0.15) is 6.54 Å². The van der Waals surface area contributed by atoms with Crippen molar-refractivity contribution in [2.24, 2.45) is 5.73 Å². The van der Waals surface area contributed by atoms with E-state index in [0.29, 0.717) is 5.69 Å². The molecule has 0 spiro atoms. The zero-order chi connectivity index (χ0) is 13.5. The van der Waals surface area contributed by atoms with E-state index in [1.807, 2.05) is 6.07 Å². The number of para-hydroxylation sites is 1. The molecule has 0 unspecified atom stereocenters. The molecular formula is C11H13N3O3S. The van der Waals surface area contributed by atoms with Crippen LogP contribution < -0.4 is 11.1 Å². The van der Waals surface area contributed by atoms with E-state index in [1.54, 1.807) is 24.3 Å². The number of rotatable bonds is 4. The maximum absolute atomic E-state index is 11.5. The number of hydrogen-bond acceptors (Lipinski definition) is 4. The average Bonchev–Trinajstić information content (AvgIpc) is 2.36. The Balaban J connectivity index is 2.76. The minimum atomic E-state index is -1.16. The van der Waals surface area contributed by atoms with Crippen LogP contribution in [-0.2, 0) is 9.59 Å². The third-order valence-corrected chi connectivity index (χ3v) is 2.36. The number of aliphatic carboxylic acids is 1. The summed E-state index contributed by atoms with van der Waals surface area (Å²) in [6.07, 6.45) is 0. The van der Waals surface area contributed by atoms with Crippen LogP contribution in [0.3, 0.4) is 0 Å². The first-order valence-corrected chi connectivity index (χ1v) is 5.53. The highest BCUT2D eigenvalue weighted by atomic mass is 32.1. The van der Waals surface area contributed by atoms with Gasteiger partial charge in [0.25, 0.3) is 0 Å². The maximum atomic E-state index is 11.5. The Morgan fingerprint density at radius 3 is 2.44 bits per heavy atom. The summed E-state index contributed by atoms with van der Waals surface area (Å²) in [6, 6.07) is 8.90. The van der Waals surface area contributed by atoms with Crippen molar-refractivity contribution in [3.8, 4) is 0 Å². The van der Waals surface area contributed by atoms with Gasteiger partial charge in [-0.2, -0.15) is 0 Å². The molecule has 0 fully saturated rings. The largest absolute Gasteiger partial charge is 0.480 e. The molecule has 0 saturated carbocycles. The fourth-order valence-electron chi connectivity index (χ4n) is 1.23. The molecule has 0 radical (unpaired) electrons. The van der Waals surface area contributed by atoms with Crippen LogP contribution >= 0.6 is 12.2 Å². The number of hydrogen-bond donors (Lipinski definition) is 3. The van der Waals surface area contributed by atoms with Crippen molar-refractivity contribution >= 4 is 34.9 Å². The highest BCUT2D eigenvalue weighted by molar-refractivity contribution is 7.80. The second-order valence-corrected chi connectivity index (χ2v) is 3.76. The number of carboxylic acid groups (broad SMARTS) is 1. The number of anilines is 1. The molecule has 6 nitrogen and oxygen atoms in total. The zero-order valence-electron chi connectivity index (χ0n) is 9.50. The summed E-state index contributed by atoms with van der Waals surface area (Å²) >= 11 is 4.99. The predicted octanol–water partition coefficient (Wildman–Crippen LogP) is 0.255. The van der Waals surface area contributed by atoms with E-state index in [9.17, 15) is 9.59 Å². The number of benzene rings is 1. The first kappa shape index (κ1) is 14.1. The minimum Gasteiger partial charge on any atom is -0.480 e. The van der Waals surface area contributed by atoms with Gasteiger partial charge < -0.3 is 16.2 Å². The summed E-state index contributed by atoms with van der Waals surface area (Å²) in [5.74, 6) is -1.71. The second-order valence-electron chi connectivity index (χ2n) is 3.37. The molecular weight excluding hydrogens is 254 g/mol. The molecule has 0 saturated heterocycles. The molecule has 18 heavy (non-hydrogen) atoms. The van der Waals surface area contributed by atoms with Gasteiger partial charge in [0.15, 0.2) is 5.11 Å². The lowest BCUT2D eigenvalue weighted by atomic mass is 10.3. The number of thiocarbonyl (C=S) groups is 1. The highest BCUT2D eigenvalue weighted by Crippen LogP contribution is 2.06. The van der Waals surface area contributed by atoms with Crippen LogP contribution in [-0.4, -0.2) is 40.1 Å². The first-order valence-electron chi connectivity index (χ1n) is 5.13. The predicted molar refractivity (Wildman–Crippen MR) is 71.1 cm³/mol. The summed E-state index contributed by atoms with van der Waals surface area (Å²) in [6.45, 7) is -0.821. The number of nitrogens with two attached hydrogens (primary N) is 1. The third-order valence-electron chi connectivity index (χ3n) is 2.04. The number of nitrogens with one attached hydrogen (secondary N) is 1. The molecule has 4 N–H and O–H groups in total. The van der Waals surface area contributed by atoms with Crippen LogP contribution in [0, 0.1) is 0 Å². The Morgan fingerprint density at radius 2 is 1.94 bits per heavy atom. The van der Waals surface area contributed by atoms with E-state index in [4.69, 9.17) is 23.1 Å². The van der Waals surface area contributed by atoms with Gasteiger partial charge >= 0.3 is 5.97 Å². The molecule has 1 aromatic carbocycles. The van der Waals surface area contributed by atoms with E-state index in [0.717, 1.165) is 4.90 Å². The van der Waals surface area contributed by atoms with Gasteiger partial charge in [0, 0.05) is 5.69 Å². The lowest BCUT2D eigenvalue weighted by Gasteiger charge is -2.21. The highest BCUT2D eigenvalue weighted by Gasteiger charge is 2.19. The van der Waals surface area contributed by atoms with E-state index in [1.165, 1.54) is 0 Å². The minimum absolute atomic E-state index is 0.0130. The van der Waals surface area contributed by atoms with Crippen molar-refractivity contribution in [3.63, 3.8) is 0 Å². The molecule has 7 heteroatoms. The molecule has 0 bridgehead atoms. The summed E-state index contributed by atoms with van der Waals surface area (Å²) in [5, 5.41) is 11.5. The monoisotopic (exact) mass is 267 g/mol. The molecule has 0 heterocycles. The quantitative estimate of drug-likeness (QED) is 0.677.